The Morgan fingerprint density at radius 2 is 2.05 bits per heavy atom. The van der Waals surface area contributed by atoms with Crippen molar-refractivity contribution in [1.82, 2.24) is 19.5 Å². The lowest BCUT2D eigenvalue weighted by atomic mass is 10.1. The molecule has 108 valence electrons. The van der Waals surface area contributed by atoms with Crippen LogP contribution in [0, 0.1) is 0 Å². The first-order chi connectivity index (χ1) is 10.3. The van der Waals surface area contributed by atoms with E-state index < -0.39 is 0 Å². The molecule has 0 saturated heterocycles. The van der Waals surface area contributed by atoms with Crippen molar-refractivity contribution < 1.29 is 0 Å². The Labute approximate surface area is 124 Å². The van der Waals surface area contributed by atoms with E-state index in [-0.39, 0.29) is 5.95 Å². The summed E-state index contributed by atoms with van der Waals surface area (Å²) in [5, 5.41) is 0. The monoisotopic (exact) mass is 281 g/mol. The van der Waals surface area contributed by atoms with Crippen molar-refractivity contribution in [2.75, 3.05) is 5.73 Å². The molecule has 3 heterocycles. The van der Waals surface area contributed by atoms with Gasteiger partial charge in [-0.3, -0.25) is 4.98 Å². The predicted octanol–water partition coefficient (Wildman–Crippen LogP) is 3.22. The number of nitrogens with zero attached hydrogens (tertiary/aromatic N) is 4. The van der Waals surface area contributed by atoms with Gasteiger partial charge in [-0.2, -0.15) is 0 Å². The van der Waals surface area contributed by atoms with E-state index in [1.807, 2.05) is 24.4 Å². The van der Waals surface area contributed by atoms with Gasteiger partial charge in [0.25, 0.3) is 0 Å². The summed E-state index contributed by atoms with van der Waals surface area (Å²) < 4.78 is 2.26. The van der Waals surface area contributed by atoms with Gasteiger partial charge < -0.3 is 10.3 Å². The fourth-order valence-corrected chi connectivity index (χ4v) is 2.56. The largest absolute Gasteiger partial charge is 0.368 e. The van der Waals surface area contributed by atoms with Crippen molar-refractivity contribution >= 4 is 5.95 Å². The van der Waals surface area contributed by atoms with Gasteiger partial charge in [0, 0.05) is 30.7 Å². The van der Waals surface area contributed by atoms with Crippen molar-refractivity contribution in [3.05, 3.63) is 36.8 Å². The van der Waals surface area contributed by atoms with Crippen LogP contribution in [0.5, 0.6) is 0 Å². The average molecular weight is 281 g/mol. The van der Waals surface area contributed by atoms with Crippen LogP contribution in [0.3, 0.4) is 0 Å². The van der Waals surface area contributed by atoms with Crippen LogP contribution in [-0.2, 0) is 6.54 Å². The van der Waals surface area contributed by atoms with Gasteiger partial charge in [-0.25, -0.2) is 9.97 Å². The molecule has 0 spiro atoms. The summed E-state index contributed by atoms with van der Waals surface area (Å²) in [7, 11) is 0. The van der Waals surface area contributed by atoms with Crippen LogP contribution in [0.15, 0.2) is 36.8 Å². The van der Waals surface area contributed by atoms with E-state index in [0.717, 1.165) is 35.6 Å². The first-order valence-electron chi connectivity index (χ1n) is 7.32. The fourth-order valence-electron chi connectivity index (χ4n) is 2.56. The van der Waals surface area contributed by atoms with Gasteiger partial charge in [0.2, 0.25) is 5.95 Å². The minimum absolute atomic E-state index is 0.287. The van der Waals surface area contributed by atoms with Gasteiger partial charge in [-0.1, -0.05) is 19.8 Å². The van der Waals surface area contributed by atoms with E-state index in [1.165, 1.54) is 12.8 Å². The highest BCUT2D eigenvalue weighted by Crippen LogP contribution is 2.32. The average Bonchev–Trinajstić information content (AvgIpc) is 2.92. The number of anilines is 1. The van der Waals surface area contributed by atoms with Gasteiger partial charge in [-0.05, 0) is 24.6 Å². The summed E-state index contributed by atoms with van der Waals surface area (Å²) in [6, 6.07) is 5.94. The molecule has 3 rings (SSSR count). The maximum absolute atomic E-state index is 5.70. The molecule has 0 unspecified atom stereocenters. The number of fused-ring (bicyclic) bond motifs is 1. The van der Waals surface area contributed by atoms with Crippen molar-refractivity contribution in [3.63, 3.8) is 0 Å². The Morgan fingerprint density at radius 1 is 1.14 bits per heavy atom. The SMILES string of the molecule is CCCCCn1cccc2ncc(-c3ccnc(N)n3)c1-2. The van der Waals surface area contributed by atoms with Crippen molar-refractivity contribution in [1.29, 1.82) is 0 Å². The zero-order valence-corrected chi connectivity index (χ0v) is 12.2. The zero-order chi connectivity index (χ0) is 14.7. The maximum atomic E-state index is 5.70. The molecule has 0 bridgehead atoms. The Balaban J connectivity index is 2.03. The highest BCUT2D eigenvalue weighted by Gasteiger charge is 2.17. The molecular formula is C16H19N5. The van der Waals surface area contributed by atoms with Gasteiger partial charge in [0.1, 0.15) is 0 Å². The Bertz CT molecular complexity index is 704. The molecule has 5 nitrogen and oxygen atoms in total. The smallest absolute Gasteiger partial charge is 0.220 e. The molecule has 0 radical (unpaired) electrons. The van der Waals surface area contributed by atoms with Crippen LogP contribution < -0.4 is 5.73 Å². The van der Waals surface area contributed by atoms with Crippen molar-refractivity contribution in [3.8, 4) is 22.6 Å². The van der Waals surface area contributed by atoms with Crippen molar-refractivity contribution in [2.24, 2.45) is 0 Å². The first kappa shape index (κ1) is 13.5. The molecule has 0 aliphatic carbocycles. The maximum Gasteiger partial charge on any atom is 0.220 e. The predicted molar refractivity (Wildman–Crippen MR) is 83.8 cm³/mol. The minimum Gasteiger partial charge on any atom is -0.368 e. The van der Waals surface area contributed by atoms with E-state index in [0.29, 0.717) is 0 Å². The number of nitrogen functional groups attached to an aromatic ring is 1. The van der Waals surface area contributed by atoms with E-state index in [1.54, 1.807) is 6.20 Å². The Morgan fingerprint density at radius 3 is 2.86 bits per heavy atom. The van der Waals surface area contributed by atoms with E-state index in [9.17, 15) is 0 Å². The third-order valence-corrected chi connectivity index (χ3v) is 3.59. The number of aryl methyl sites for hydroxylation is 1. The van der Waals surface area contributed by atoms with Crippen LogP contribution in [0.1, 0.15) is 26.2 Å². The number of hydrogen-bond donors (Lipinski definition) is 1. The zero-order valence-electron chi connectivity index (χ0n) is 12.2. The summed E-state index contributed by atoms with van der Waals surface area (Å²) in [6.45, 7) is 3.20. The molecule has 2 N–H and O–H groups in total. The second kappa shape index (κ2) is 5.91. The fraction of sp³-hybridized carbons (Fsp3) is 0.312. The van der Waals surface area contributed by atoms with Crippen LogP contribution in [-0.4, -0.2) is 19.5 Å². The summed E-state index contributed by atoms with van der Waals surface area (Å²) in [5.41, 5.74) is 9.63. The normalized spacial score (nSPS) is 11.1. The molecule has 2 aliphatic rings. The molecule has 0 amide bonds. The summed E-state index contributed by atoms with van der Waals surface area (Å²) >= 11 is 0. The molecule has 21 heavy (non-hydrogen) atoms. The van der Waals surface area contributed by atoms with Crippen LogP contribution in [0.4, 0.5) is 5.95 Å². The summed E-state index contributed by atoms with van der Waals surface area (Å²) in [4.78, 5) is 12.8. The topological polar surface area (TPSA) is 69.6 Å². The number of unbranched alkanes of at least 4 members (excludes halogenated alkanes) is 2. The third kappa shape index (κ3) is 2.72. The summed E-state index contributed by atoms with van der Waals surface area (Å²) in [5.74, 6) is 0.287. The van der Waals surface area contributed by atoms with E-state index >= 15 is 0 Å². The Kier molecular flexibility index (Phi) is 3.81. The van der Waals surface area contributed by atoms with E-state index in [4.69, 9.17) is 5.73 Å². The molecule has 2 aliphatic heterocycles. The lowest BCUT2D eigenvalue weighted by molar-refractivity contribution is 0.604. The molecule has 0 aromatic carbocycles. The van der Waals surface area contributed by atoms with Crippen molar-refractivity contribution in [2.45, 2.75) is 32.7 Å². The van der Waals surface area contributed by atoms with Gasteiger partial charge in [0.05, 0.1) is 17.1 Å². The highest BCUT2D eigenvalue weighted by molar-refractivity contribution is 5.79. The molecule has 0 atom stereocenters. The lowest BCUT2D eigenvalue weighted by Crippen LogP contribution is -2.04. The highest BCUT2D eigenvalue weighted by atomic mass is 15.0. The van der Waals surface area contributed by atoms with Gasteiger partial charge in [-0.15, -0.1) is 0 Å². The third-order valence-electron chi connectivity index (χ3n) is 3.59. The van der Waals surface area contributed by atoms with E-state index in [2.05, 4.69) is 32.6 Å². The van der Waals surface area contributed by atoms with Crippen LogP contribution in [0.25, 0.3) is 22.6 Å². The lowest BCUT2D eigenvalue weighted by Gasteiger charge is -2.13. The Hall–Kier alpha value is -2.43. The van der Waals surface area contributed by atoms with Gasteiger partial charge in [0.15, 0.2) is 0 Å². The molecule has 1 aromatic heterocycles. The minimum atomic E-state index is 0.287. The summed E-state index contributed by atoms with van der Waals surface area (Å²) in [6.07, 6.45) is 9.26. The quantitative estimate of drug-likeness (QED) is 0.729. The second-order valence-electron chi connectivity index (χ2n) is 5.11. The van der Waals surface area contributed by atoms with Gasteiger partial charge >= 0.3 is 0 Å². The standard InChI is InChI=1S/C16H19N5/c1-2-3-4-9-21-10-5-6-14-15(21)12(11-19-14)13-7-8-18-16(17)20-13/h5-8,10-11H,2-4,9H2,1H3,(H2,17,18,20). The molecular weight excluding hydrogens is 262 g/mol. The molecule has 5 heteroatoms. The van der Waals surface area contributed by atoms with Crippen LogP contribution in [0.2, 0.25) is 0 Å². The molecule has 0 saturated carbocycles. The number of pyridine rings is 1. The van der Waals surface area contributed by atoms with Crippen LogP contribution >= 0.6 is 0 Å². The molecule has 1 aromatic rings. The molecule has 0 fully saturated rings. The number of aromatic nitrogens is 4. The first-order valence-corrected chi connectivity index (χ1v) is 7.32. The number of rotatable bonds is 5. The second-order valence-corrected chi connectivity index (χ2v) is 5.11. The number of hydrogen-bond acceptors (Lipinski definition) is 4. The number of nitrogens with two attached hydrogens (primary N) is 1.